The molecule has 3 rings (SSSR count). The largest absolute Gasteiger partial charge is 0.371 e. The fraction of sp³-hybridized carbons (Fsp3) is 0.812. The van der Waals surface area contributed by atoms with Crippen LogP contribution in [0.2, 0.25) is 0 Å². The maximum atomic E-state index is 12.3. The van der Waals surface area contributed by atoms with Gasteiger partial charge in [-0.2, -0.15) is 4.98 Å². The molecule has 0 unspecified atom stereocenters. The molecule has 1 aromatic heterocycles. The van der Waals surface area contributed by atoms with Crippen molar-refractivity contribution in [3.63, 3.8) is 0 Å². The van der Waals surface area contributed by atoms with E-state index in [1.165, 1.54) is 25.7 Å². The average molecular weight is 322 g/mol. The number of aromatic nitrogens is 2. The molecule has 2 aliphatic rings. The Morgan fingerprint density at radius 3 is 2.74 bits per heavy atom. The molecule has 128 valence electrons. The highest BCUT2D eigenvalue weighted by atomic mass is 16.5. The highest BCUT2D eigenvalue weighted by Crippen LogP contribution is 2.35. The van der Waals surface area contributed by atoms with E-state index in [9.17, 15) is 4.79 Å². The van der Waals surface area contributed by atoms with Crippen LogP contribution < -0.4 is 5.32 Å². The number of fused-ring (bicyclic) bond motifs is 1. The lowest BCUT2D eigenvalue weighted by molar-refractivity contribution is 0.0683. The lowest BCUT2D eigenvalue weighted by atomic mass is 9.82. The van der Waals surface area contributed by atoms with Crippen molar-refractivity contribution in [2.75, 3.05) is 19.7 Å². The minimum Gasteiger partial charge on any atom is -0.371 e. The fourth-order valence-corrected chi connectivity index (χ4v) is 3.66. The van der Waals surface area contributed by atoms with Crippen molar-refractivity contribution in [3.8, 4) is 0 Å². The Labute approximate surface area is 136 Å². The third kappa shape index (κ3) is 3.83. The molecule has 2 amide bonds. The Bertz CT molecular complexity index is 519. The van der Waals surface area contributed by atoms with Crippen molar-refractivity contribution in [1.82, 2.24) is 20.4 Å². The molecular formula is C16H26N4O3. The van der Waals surface area contributed by atoms with Gasteiger partial charge in [0.15, 0.2) is 5.82 Å². The van der Waals surface area contributed by atoms with E-state index in [4.69, 9.17) is 9.26 Å². The molecule has 2 fully saturated rings. The summed E-state index contributed by atoms with van der Waals surface area (Å²) < 4.78 is 10.6. The second-order valence-electron chi connectivity index (χ2n) is 6.51. The lowest BCUT2D eigenvalue weighted by Gasteiger charge is -2.22. The number of nitrogens with one attached hydrogen (secondary N) is 1. The third-order valence-corrected chi connectivity index (χ3v) is 4.92. The van der Waals surface area contributed by atoms with Crippen LogP contribution in [0, 0.1) is 11.8 Å². The van der Waals surface area contributed by atoms with Crippen LogP contribution in [0.3, 0.4) is 0 Å². The van der Waals surface area contributed by atoms with Gasteiger partial charge >= 0.3 is 6.03 Å². The monoisotopic (exact) mass is 322 g/mol. The highest BCUT2D eigenvalue weighted by molar-refractivity contribution is 5.74. The number of amides is 2. The zero-order chi connectivity index (χ0) is 16.2. The van der Waals surface area contributed by atoms with Crippen LogP contribution in [0.5, 0.6) is 0 Å². The Balaban J connectivity index is 1.47. The Morgan fingerprint density at radius 2 is 2.09 bits per heavy atom. The van der Waals surface area contributed by atoms with Gasteiger partial charge in [-0.05, 0) is 38.5 Å². The first kappa shape index (κ1) is 16.2. The van der Waals surface area contributed by atoms with Gasteiger partial charge in [0, 0.05) is 19.7 Å². The smallest absolute Gasteiger partial charge is 0.317 e. The van der Waals surface area contributed by atoms with Gasteiger partial charge in [-0.1, -0.05) is 18.0 Å². The molecule has 7 heteroatoms. The van der Waals surface area contributed by atoms with Gasteiger partial charge in [0.1, 0.15) is 6.10 Å². The van der Waals surface area contributed by atoms with Crippen LogP contribution in [-0.2, 0) is 11.3 Å². The van der Waals surface area contributed by atoms with Crippen molar-refractivity contribution in [2.45, 2.75) is 52.2 Å². The van der Waals surface area contributed by atoms with Crippen molar-refractivity contribution in [2.24, 2.45) is 11.8 Å². The summed E-state index contributed by atoms with van der Waals surface area (Å²) in [5.41, 5.74) is 0. The topological polar surface area (TPSA) is 80.5 Å². The van der Waals surface area contributed by atoms with E-state index in [-0.39, 0.29) is 18.7 Å². The van der Waals surface area contributed by atoms with Crippen LogP contribution in [0.15, 0.2) is 4.52 Å². The first-order chi connectivity index (χ1) is 11.2. The van der Waals surface area contributed by atoms with Gasteiger partial charge in [-0.25, -0.2) is 4.79 Å². The molecule has 7 nitrogen and oxygen atoms in total. The number of rotatable bonds is 5. The first-order valence-corrected chi connectivity index (χ1v) is 8.64. The van der Waals surface area contributed by atoms with Crippen LogP contribution >= 0.6 is 0 Å². The van der Waals surface area contributed by atoms with Crippen molar-refractivity contribution in [3.05, 3.63) is 11.7 Å². The van der Waals surface area contributed by atoms with Crippen LogP contribution in [-0.4, -0.2) is 40.8 Å². The van der Waals surface area contributed by atoms with Gasteiger partial charge < -0.3 is 19.5 Å². The molecule has 1 saturated heterocycles. The van der Waals surface area contributed by atoms with Gasteiger partial charge in [0.05, 0.1) is 6.54 Å². The molecular weight excluding hydrogens is 296 g/mol. The van der Waals surface area contributed by atoms with Crippen LogP contribution in [0.1, 0.15) is 57.3 Å². The minimum absolute atomic E-state index is 0.0305. The Kier molecular flexibility index (Phi) is 5.15. The number of ether oxygens (including phenoxy) is 1. The number of nitrogens with zero attached hydrogens (tertiary/aromatic N) is 3. The zero-order valence-electron chi connectivity index (χ0n) is 14.0. The van der Waals surface area contributed by atoms with Crippen LogP contribution in [0.25, 0.3) is 0 Å². The second-order valence-corrected chi connectivity index (χ2v) is 6.51. The van der Waals surface area contributed by atoms with Gasteiger partial charge in [-0.3, -0.25) is 0 Å². The molecule has 0 aromatic carbocycles. The van der Waals surface area contributed by atoms with Crippen molar-refractivity contribution >= 4 is 6.03 Å². The van der Waals surface area contributed by atoms with Crippen molar-refractivity contribution in [1.29, 1.82) is 0 Å². The molecule has 0 bridgehead atoms. The van der Waals surface area contributed by atoms with E-state index >= 15 is 0 Å². The molecule has 1 aliphatic carbocycles. The summed E-state index contributed by atoms with van der Waals surface area (Å²) in [5.74, 6) is 2.31. The van der Waals surface area contributed by atoms with Gasteiger partial charge in [0.25, 0.3) is 0 Å². The molecule has 1 aromatic rings. The molecule has 1 saturated carbocycles. The first-order valence-electron chi connectivity index (χ1n) is 8.64. The molecule has 1 N–H and O–H groups in total. The molecule has 1 aliphatic heterocycles. The summed E-state index contributed by atoms with van der Waals surface area (Å²) in [6.07, 6.45) is 4.93. The van der Waals surface area contributed by atoms with Gasteiger partial charge in [-0.15, -0.1) is 0 Å². The minimum atomic E-state index is -0.199. The molecule has 0 radical (unpaired) electrons. The summed E-state index contributed by atoms with van der Waals surface area (Å²) in [4.78, 5) is 18.5. The molecule has 23 heavy (non-hydrogen) atoms. The molecule has 0 spiro atoms. The Morgan fingerprint density at radius 1 is 1.39 bits per heavy atom. The van der Waals surface area contributed by atoms with Crippen molar-refractivity contribution < 1.29 is 14.1 Å². The standard InChI is InChI=1S/C16H26N4O3/c1-3-22-11(2)15-18-14(23-19-15)8-17-16(21)20-9-12-6-4-5-7-13(12)10-20/h11-13H,3-10H2,1-2H3,(H,17,21)/t11-,12-,13+/m0/s1. The summed E-state index contributed by atoms with van der Waals surface area (Å²) >= 11 is 0. The van der Waals surface area contributed by atoms with E-state index in [1.807, 2.05) is 18.7 Å². The maximum absolute atomic E-state index is 12.3. The van der Waals surface area contributed by atoms with E-state index in [0.29, 0.717) is 30.2 Å². The quantitative estimate of drug-likeness (QED) is 0.901. The predicted octanol–water partition coefficient (Wildman–Crippen LogP) is 2.50. The SMILES string of the molecule is CCO[C@@H](C)c1noc(CNC(=O)N2C[C@H]3CCCC[C@H]3C2)n1. The average Bonchev–Trinajstić information content (AvgIpc) is 3.19. The summed E-state index contributed by atoms with van der Waals surface area (Å²) in [6, 6.07) is -0.0305. The number of likely N-dealkylation sites (tertiary alicyclic amines) is 1. The summed E-state index contributed by atoms with van der Waals surface area (Å²) in [6.45, 7) is 6.42. The van der Waals surface area contributed by atoms with Gasteiger partial charge in [0.2, 0.25) is 5.89 Å². The number of urea groups is 1. The Hall–Kier alpha value is -1.63. The number of carbonyl (C=O) groups excluding carboxylic acids is 1. The number of hydrogen-bond acceptors (Lipinski definition) is 5. The molecule has 2 heterocycles. The fourth-order valence-electron chi connectivity index (χ4n) is 3.66. The second kappa shape index (κ2) is 7.29. The lowest BCUT2D eigenvalue weighted by Crippen LogP contribution is -2.38. The third-order valence-electron chi connectivity index (χ3n) is 4.92. The highest BCUT2D eigenvalue weighted by Gasteiger charge is 2.36. The maximum Gasteiger partial charge on any atom is 0.317 e. The van der Waals surface area contributed by atoms with E-state index in [0.717, 1.165) is 13.1 Å². The van der Waals surface area contributed by atoms with E-state index in [1.54, 1.807) is 0 Å². The number of hydrogen-bond donors (Lipinski definition) is 1. The summed E-state index contributed by atoms with van der Waals surface area (Å²) in [5, 5.41) is 6.78. The normalized spacial score (nSPS) is 25.2. The van der Waals surface area contributed by atoms with E-state index < -0.39 is 0 Å². The summed E-state index contributed by atoms with van der Waals surface area (Å²) in [7, 11) is 0. The van der Waals surface area contributed by atoms with E-state index in [2.05, 4.69) is 15.5 Å². The number of carbonyl (C=O) groups is 1. The predicted molar refractivity (Wildman–Crippen MR) is 83.6 cm³/mol. The molecule has 3 atom stereocenters. The zero-order valence-corrected chi connectivity index (χ0v) is 14.0. The van der Waals surface area contributed by atoms with Crippen LogP contribution in [0.4, 0.5) is 4.79 Å².